The second-order valence-electron chi connectivity index (χ2n) is 8.88. The van der Waals surface area contributed by atoms with Gasteiger partial charge in [0, 0.05) is 62.9 Å². The quantitative estimate of drug-likeness (QED) is 0.402. The fourth-order valence-electron chi connectivity index (χ4n) is 4.30. The molecule has 0 bridgehead atoms. The highest BCUT2D eigenvalue weighted by Crippen LogP contribution is 2.32. The van der Waals surface area contributed by atoms with Gasteiger partial charge in [-0.3, -0.25) is 9.67 Å². The van der Waals surface area contributed by atoms with E-state index in [1.165, 1.54) is 12.1 Å². The maximum atomic E-state index is 14.0. The van der Waals surface area contributed by atoms with Gasteiger partial charge in [-0.05, 0) is 18.2 Å². The van der Waals surface area contributed by atoms with Crippen LogP contribution < -0.4 is 9.64 Å². The SMILES string of the molecule is Cn1cc(-c2nc3cnc(C[C@@H](O)CO)cc3nc2N2CCC(Oc3ccc(F)cc3F)CC2)cn1. The van der Waals surface area contributed by atoms with Crippen LogP contribution in [0.1, 0.15) is 18.5 Å². The van der Waals surface area contributed by atoms with E-state index in [1.807, 2.05) is 13.2 Å². The Kier molecular flexibility index (Phi) is 6.75. The third kappa shape index (κ3) is 5.12. The first-order valence-corrected chi connectivity index (χ1v) is 11.7. The highest BCUT2D eigenvalue weighted by Gasteiger charge is 2.26. The number of aromatic nitrogens is 5. The number of halogens is 2. The smallest absolute Gasteiger partial charge is 0.167 e. The number of aliphatic hydroxyl groups is 2. The molecule has 11 heteroatoms. The molecule has 0 saturated carbocycles. The number of nitrogens with zero attached hydrogens (tertiary/aromatic N) is 6. The van der Waals surface area contributed by atoms with Crippen LogP contribution in [0.4, 0.5) is 14.6 Å². The topological polar surface area (TPSA) is 109 Å². The molecule has 0 aliphatic carbocycles. The molecule has 0 spiro atoms. The van der Waals surface area contributed by atoms with Crippen LogP contribution in [0.3, 0.4) is 0 Å². The third-order valence-electron chi connectivity index (χ3n) is 6.15. The van der Waals surface area contributed by atoms with Crippen molar-refractivity contribution >= 4 is 16.9 Å². The predicted molar refractivity (Wildman–Crippen MR) is 129 cm³/mol. The fraction of sp³-hybridized carbons (Fsp3) is 0.360. The molecule has 0 unspecified atom stereocenters. The van der Waals surface area contributed by atoms with Crippen molar-refractivity contribution in [3.63, 3.8) is 0 Å². The molecule has 5 rings (SSSR count). The Morgan fingerprint density at radius 3 is 2.61 bits per heavy atom. The zero-order valence-corrected chi connectivity index (χ0v) is 19.7. The Morgan fingerprint density at radius 2 is 1.92 bits per heavy atom. The van der Waals surface area contributed by atoms with E-state index in [0.717, 1.165) is 11.6 Å². The zero-order chi connectivity index (χ0) is 25.2. The predicted octanol–water partition coefficient (Wildman–Crippen LogP) is 2.65. The standard InChI is InChI=1S/C25H26F2N6O3/c1-32-13-15(11-29-32)24-25(31-21-10-17(9-18(35)14-34)28-12-22(21)30-24)33-6-4-19(5-7-33)36-23-3-2-16(26)8-20(23)27/h2-3,8,10-13,18-19,34-35H,4-7,9,14H2,1H3/t18-/m1/s1. The molecule has 36 heavy (non-hydrogen) atoms. The van der Waals surface area contributed by atoms with Gasteiger partial charge in [0.2, 0.25) is 0 Å². The Labute approximate surface area is 206 Å². The van der Waals surface area contributed by atoms with E-state index in [-0.39, 0.29) is 24.9 Å². The van der Waals surface area contributed by atoms with E-state index in [0.29, 0.717) is 54.2 Å². The van der Waals surface area contributed by atoms with Gasteiger partial charge in [-0.1, -0.05) is 0 Å². The van der Waals surface area contributed by atoms with Crippen molar-refractivity contribution in [2.24, 2.45) is 7.05 Å². The Bertz CT molecular complexity index is 1370. The first-order valence-electron chi connectivity index (χ1n) is 11.7. The number of anilines is 1. The molecule has 1 atom stereocenters. The number of benzene rings is 1. The number of aryl methyl sites for hydroxylation is 1. The molecular formula is C25H26F2N6O3. The molecule has 1 aromatic carbocycles. The van der Waals surface area contributed by atoms with E-state index in [2.05, 4.69) is 15.0 Å². The highest BCUT2D eigenvalue weighted by molar-refractivity contribution is 5.83. The van der Waals surface area contributed by atoms with Gasteiger partial charge < -0.3 is 19.8 Å². The van der Waals surface area contributed by atoms with Crippen LogP contribution in [-0.2, 0) is 13.5 Å². The average Bonchev–Trinajstić information content (AvgIpc) is 3.31. The minimum Gasteiger partial charge on any atom is -0.487 e. The maximum Gasteiger partial charge on any atom is 0.167 e. The van der Waals surface area contributed by atoms with Gasteiger partial charge in [0.1, 0.15) is 23.1 Å². The number of fused-ring (bicyclic) bond motifs is 1. The lowest BCUT2D eigenvalue weighted by atomic mass is 10.1. The average molecular weight is 497 g/mol. The summed E-state index contributed by atoms with van der Waals surface area (Å²) < 4.78 is 34.7. The van der Waals surface area contributed by atoms with Crippen LogP contribution in [0.15, 0.2) is 42.9 Å². The Morgan fingerprint density at radius 1 is 1.11 bits per heavy atom. The summed E-state index contributed by atoms with van der Waals surface area (Å²) >= 11 is 0. The van der Waals surface area contributed by atoms with E-state index in [9.17, 15) is 13.9 Å². The highest BCUT2D eigenvalue weighted by atomic mass is 19.1. The molecule has 1 fully saturated rings. The number of hydrogen-bond acceptors (Lipinski definition) is 8. The summed E-state index contributed by atoms with van der Waals surface area (Å²) in [6, 6.07) is 5.08. The minimum atomic E-state index is -0.901. The Hall–Kier alpha value is -3.70. The van der Waals surface area contributed by atoms with Gasteiger partial charge in [0.05, 0.1) is 30.6 Å². The normalized spacial score (nSPS) is 15.4. The van der Waals surface area contributed by atoms with Crippen molar-refractivity contribution in [2.75, 3.05) is 24.6 Å². The van der Waals surface area contributed by atoms with Gasteiger partial charge in [0.15, 0.2) is 17.4 Å². The number of aliphatic hydroxyl groups excluding tert-OH is 2. The van der Waals surface area contributed by atoms with E-state index >= 15 is 0 Å². The molecule has 4 heterocycles. The summed E-state index contributed by atoms with van der Waals surface area (Å²) in [5, 5.41) is 23.2. The van der Waals surface area contributed by atoms with Crippen molar-refractivity contribution in [3.05, 3.63) is 60.2 Å². The van der Waals surface area contributed by atoms with Gasteiger partial charge >= 0.3 is 0 Å². The van der Waals surface area contributed by atoms with Crippen molar-refractivity contribution in [1.82, 2.24) is 24.7 Å². The third-order valence-corrected chi connectivity index (χ3v) is 6.15. The minimum absolute atomic E-state index is 0.0430. The lowest BCUT2D eigenvalue weighted by Crippen LogP contribution is -2.39. The molecule has 3 aromatic heterocycles. The van der Waals surface area contributed by atoms with Crippen LogP contribution in [0.25, 0.3) is 22.3 Å². The van der Waals surface area contributed by atoms with Crippen LogP contribution >= 0.6 is 0 Å². The molecule has 9 nitrogen and oxygen atoms in total. The second-order valence-corrected chi connectivity index (χ2v) is 8.88. The molecule has 0 amide bonds. The number of hydrogen-bond donors (Lipinski definition) is 2. The van der Waals surface area contributed by atoms with Gasteiger partial charge in [-0.15, -0.1) is 0 Å². The van der Waals surface area contributed by atoms with E-state index < -0.39 is 17.7 Å². The molecule has 188 valence electrons. The Balaban J connectivity index is 1.42. The van der Waals surface area contributed by atoms with Gasteiger partial charge in [-0.2, -0.15) is 5.10 Å². The van der Waals surface area contributed by atoms with Crippen LogP contribution in [0.2, 0.25) is 0 Å². The van der Waals surface area contributed by atoms with Crippen LogP contribution in [0.5, 0.6) is 5.75 Å². The van der Waals surface area contributed by atoms with Gasteiger partial charge in [-0.25, -0.2) is 18.7 Å². The molecule has 4 aromatic rings. The monoisotopic (exact) mass is 496 g/mol. The maximum absolute atomic E-state index is 14.0. The van der Waals surface area contributed by atoms with E-state index in [1.54, 1.807) is 23.1 Å². The fourth-order valence-corrected chi connectivity index (χ4v) is 4.30. The summed E-state index contributed by atoms with van der Waals surface area (Å²) in [4.78, 5) is 16.2. The van der Waals surface area contributed by atoms with E-state index in [4.69, 9.17) is 19.8 Å². The zero-order valence-electron chi connectivity index (χ0n) is 19.7. The summed E-state index contributed by atoms with van der Waals surface area (Å²) in [6.07, 6.45) is 5.53. The first kappa shape index (κ1) is 24.0. The molecule has 1 aliphatic rings. The number of pyridine rings is 1. The summed E-state index contributed by atoms with van der Waals surface area (Å²) in [6.45, 7) is 0.847. The summed E-state index contributed by atoms with van der Waals surface area (Å²) in [7, 11) is 1.83. The number of piperidine rings is 1. The number of ether oxygens (including phenoxy) is 1. The van der Waals surface area contributed by atoms with Crippen molar-refractivity contribution in [2.45, 2.75) is 31.5 Å². The van der Waals surface area contributed by atoms with Crippen LogP contribution in [-0.4, -0.2) is 66.8 Å². The van der Waals surface area contributed by atoms with Gasteiger partial charge in [0.25, 0.3) is 0 Å². The van der Waals surface area contributed by atoms with Crippen molar-refractivity contribution < 1.29 is 23.7 Å². The number of rotatable bonds is 7. The molecule has 0 radical (unpaired) electrons. The van der Waals surface area contributed by atoms with Crippen molar-refractivity contribution in [1.29, 1.82) is 0 Å². The molecule has 1 aliphatic heterocycles. The largest absolute Gasteiger partial charge is 0.487 e. The van der Waals surface area contributed by atoms with Crippen molar-refractivity contribution in [3.8, 4) is 17.0 Å². The summed E-state index contributed by atoms with van der Waals surface area (Å²) in [5.74, 6) is -0.632. The lowest BCUT2D eigenvalue weighted by Gasteiger charge is -2.33. The lowest BCUT2D eigenvalue weighted by molar-refractivity contribution is 0.0948. The van der Waals surface area contributed by atoms with Crippen LogP contribution in [0, 0.1) is 11.6 Å². The summed E-state index contributed by atoms with van der Waals surface area (Å²) in [5.41, 5.74) is 3.31. The molecular weight excluding hydrogens is 470 g/mol. The molecule has 2 N–H and O–H groups in total. The molecule has 1 saturated heterocycles. The second kappa shape index (κ2) is 10.1. The first-order chi connectivity index (χ1) is 17.4.